The lowest BCUT2D eigenvalue weighted by Crippen LogP contribution is -2.42. The molecule has 0 amide bonds. The van der Waals surface area contributed by atoms with Crippen molar-refractivity contribution in [3.63, 3.8) is 0 Å². The Labute approximate surface area is 109 Å². The smallest absolute Gasteiger partial charge is 0.0841 e. The summed E-state index contributed by atoms with van der Waals surface area (Å²) in [5, 5.41) is 13.3. The highest BCUT2D eigenvalue weighted by Crippen LogP contribution is 2.36. The van der Waals surface area contributed by atoms with E-state index in [1.165, 1.54) is 6.42 Å². The number of ether oxygens (including phenoxy) is 2. The van der Waals surface area contributed by atoms with Gasteiger partial charge in [-0.15, -0.1) is 0 Å². The van der Waals surface area contributed by atoms with E-state index in [0.29, 0.717) is 6.61 Å². The minimum absolute atomic E-state index is 0.0456. The van der Waals surface area contributed by atoms with Crippen LogP contribution >= 0.6 is 0 Å². The van der Waals surface area contributed by atoms with Crippen LogP contribution in [-0.2, 0) is 9.47 Å². The fourth-order valence-electron chi connectivity index (χ4n) is 3.60. The molecule has 1 saturated carbocycles. The van der Waals surface area contributed by atoms with Crippen molar-refractivity contribution in [1.82, 2.24) is 5.32 Å². The van der Waals surface area contributed by atoms with Gasteiger partial charge in [-0.05, 0) is 38.8 Å². The summed E-state index contributed by atoms with van der Waals surface area (Å²) in [4.78, 5) is 0. The van der Waals surface area contributed by atoms with E-state index in [2.05, 4.69) is 5.32 Å². The van der Waals surface area contributed by atoms with E-state index >= 15 is 0 Å². The maximum Gasteiger partial charge on any atom is 0.0841 e. The van der Waals surface area contributed by atoms with E-state index in [1.807, 2.05) is 0 Å². The Morgan fingerprint density at radius 1 is 1.17 bits per heavy atom. The van der Waals surface area contributed by atoms with Crippen LogP contribution in [0.25, 0.3) is 0 Å². The van der Waals surface area contributed by atoms with Crippen molar-refractivity contribution in [2.24, 2.45) is 0 Å². The molecule has 0 bridgehead atoms. The SMILES string of the molecule is OC1CCCCC1OC1COC2(CCNCC2)C1. The summed E-state index contributed by atoms with van der Waals surface area (Å²) in [7, 11) is 0. The molecule has 3 unspecified atom stereocenters. The summed E-state index contributed by atoms with van der Waals surface area (Å²) < 4.78 is 12.1. The van der Waals surface area contributed by atoms with Crippen LogP contribution in [0.15, 0.2) is 0 Å². The van der Waals surface area contributed by atoms with Crippen LogP contribution in [0, 0.1) is 0 Å². The maximum atomic E-state index is 9.96. The van der Waals surface area contributed by atoms with Crippen LogP contribution in [0.4, 0.5) is 0 Å². The Bertz CT molecular complexity index is 278. The number of aliphatic hydroxyl groups excluding tert-OH is 1. The zero-order valence-electron chi connectivity index (χ0n) is 11.1. The second-order valence-corrected chi connectivity index (χ2v) is 6.10. The highest BCUT2D eigenvalue weighted by atomic mass is 16.6. The molecule has 3 rings (SSSR count). The summed E-state index contributed by atoms with van der Waals surface area (Å²) in [5.74, 6) is 0. The van der Waals surface area contributed by atoms with Crippen LogP contribution in [0.5, 0.6) is 0 Å². The zero-order chi connectivity index (χ0) is 12.4. The molecule has 104 valence electrons. The largest absolute Gasteiger partial charge is 0.390 e. The van der Waals surface area contributed by atoms with Gasteiger partial charge in [0.1, 0.15) is 0 Å². The lowest BCUT2D eigenvalue weighted by molar-refractivity contribution is -0.0940. The monoisotopic (exact) mass is 255 g/mol. The second-order valence-electron chi connectivity index (χ2n) is 6.10. The predicted octanol–water partition coefficient (Wildman–Crippen LogP) is 1.22. The van der Waals surface area contributed by atoms with E-state index in [-0.39, 0.29) is 23.9 Å². The molecular weight excluding hydrogens is 230 g/mol. The summed E-state index contributed by atoms with van der Waals surface area (Å²) in [6.07, 6.45) is 7.41. The van der Waals surface area contributed by atoms with Crippen molar-refractivity contribution in [2.75, 3.05) is 19.7 Å². The van der Waals surface area contributed by atoms with Gasteiger partial charge >= 0.3 is 0 Å². The summed E-state index contributed by atoms with van der Waals surface area (Å²) in [5.41, 5.74) is 0.0650. The third kappa shape index (κ3) is 2.72. The zero-order valence-corrected chi connectivity index (χ0v) is 11.1. The predicted molar refractivity (Wildman–Crippen MR) is 68.5 cm³/mol. The maximum absolute atomic E-state index is 9.96. The number of hydrogen-bond donors (Lipinski definition) is 2. The molecule has 4 nitrogen and oxygen atoms in total. The van der Waals surface area contributed by atoms with E-state index < -0.39 is 0 Å². The minimum Gasteiger partial charge on any atom is -0.390 e. The number of aliphatic hydroxyl groups is 1. The first kappa shape index (κ1) is 12.9. The van der Waals surface area contributed by atoms with Crippen LogP contribution in [0.3, 0.4) is 0 Å². The van der Waals surface area contributed by atoms with Crippen molar-refractivity contribution in [3.8, 4) is 0 Å². The quantitative estimate of drug-likeness (QED) is 0.779. The van der Waals surface area contributed by atoms with E-state index in [9.17, 15) is 5.11 Å². The van der Waals surface area contributed by atoms with Crippen molar-refractivity contribution >= 4 is 0 Å². The number of nitrogens with one attached hydrogen (secondary N) is 1. The molecule has 3 fully saturated rings. The molecule has 4 heteroatoms. The van der Waals surface area contributed by atoms with Gasteiger partial charge < -0.3 is 19.9 Å². The van der Waals surface area contributed by atoms with Gasteiger partial charge in [-0.25, -0.2) is 0 Å². The first-order valence-electron chi connectivity index (χ1n) is 7.46. The van der Waals surface area contributed by atoms with Crippen LogP contribution in [0.1, 0.15) is 44.9 Å². The Morgan fingerprint density at radius 3 is 2.72 bits per heavy atom. The van der Waals surface area contributed by atoms with Gasteiger partial charge in [-0.3, -0.25) is 0 Å². The molecule has 0 radical (unpaired) electrons. The van der Waals surface area contributed by atoms with Gasteiger partial charge in [0.2, 0.25) is 0 Å². The highest BCUT2D eigenvalue weighted by Gasteiger charge is 2.42. The van der Waals surface area contributed by atoms with Crippen molar-refractivity contribution in [1.29, 1.82) is 0 Å². The number of piperidine rings is 1. The highest BCUT2D eigenvalue weighted by molar-refractivity contribution is 4.94. The second kappa shape index (κ2) is 5.45. The molecule has 2 N–H and O–H groups in total. The summed E-state index contributed by atoms with van der Waals surface area (Å²) >= 11 is 0. The summed E-state index contributed by atoms with van der Waals surface area (Å²) in [6.45, 7) is 2.82. The topological polar surface area (TPSA) is 50.7 Å². The molecule has 0 aromatic heterocycles. The van der Waals surface area contributed by atoms with E-state index in [1.54, 1.807) is 0 Å². The minimum atomic E-state index is -0.261. The lowest BCUT2D eigenvalue weighted by atomic mass is 9.88. The molecule has 18 heavy (non-hydrogen) atoms. The molecule has 2 aliphatic heterocycles. The fourth-order valence-corrected chi connectivity index (χ4v) is 3.60. The third-order valence-corrected chi connectivity index (χ3v) is 4.72. The fraction of sp³-hybridized carbons (Fsp3) is 1.00. The molecule has 1 aliphatic carbocycles. The molecule has 2 saturated heterocycles. The summed E-state index contributed by atoms with van der Waals surface area (Å²) in [6, 6.07) is 0. The Morgan fingerprint density at radius 2 is 1.94 bits per heavy atom. The first-order chi connectivity index (χ1) is 8.77. The molecule has 0 aromatic carbocycles. The standard InChI is InChI=1S/C14H25NO3/c16-12-3-1-2-4-13(12)18-11-9-14(17-10-11)5-7-15-8-6-14/h11-13,15-16H,1-10H2. The van der Waals surface area contributed by atoms with Crippen LogP contribution in [-0.4, -0.2) is 48.7 Å². The average Bonchev–Trinajstić information content (AvgIpc) is 2.76. The number of rotatable bonds is 2. The molecule has 3 atom stereocenters. The van der Waals surface area contributed by atoms with Gasteiger partial charge in [0.05, 0.1) is 30.5 Å². The van der Waals surface area contributed by atoms with Gasteiger partial charge in [0.25, 0.3) is 0 Å². The van der Waals surface area contributed by atoms with Gasteiger partial charge in [0.15, 0.2) is 0 Å². The molecule has 0 aromatic rings. The Kier molecular flexibility index (Phi) is 3.89. The third-order valence-electron chi connectivity index (χ3n) is 4.72. The molecule has 3 aliphatic rings. The van der Waals surface area contributed by atoms with Crippen LogP contribution in [0.2, 0.25) is 0 Å². The molecule has 1 spiro atoms. The van der Waals surface area contributed by atoms with E-state index in [4.69, 9.17) is 9.47 Å². The lowest BCUT2D eigenvalue weighted by Gasteiger charge is -2.33. The van der Waals surface area contributed by atoms with Gasteiger partial charge in [-0.2, -0.15) is 0 Å². The van der Waals surface area contributed by atoms with E-state index in [0.717, 1.165) is 51.6 Å². The van der Waals surface area contributed by atoms with Gasteiger partial charge in [0, 0.05) is 6.42 Å². The van der Waals surface area contributed by atoms with Crippen molar-refractivity contribution in [2.45, 2.75) is 68.9 Å². The van der Waals surface area contributed by atoms with Crippen molar-refractivity contribution in [3.05, 3.63) is 0 Å². The number of hydrogen-bond acceptors (Lipinski definition) is 4. The Balaban J connectivity index is 1.52. The van der Waals surface area contributed by atoms with Crippen molar-refractivity contribution < 1.29 is 14.6 Å². The van der Waals surface area contributed by atoms with Gasteiger partial charge in [-0.1, -0.05) is 12.8 Å². The normalized spacial score (nSPS) is 40.2. The Hall–Kier alpha value is -0.160. The first-order valence-corrected chi connectivity index (χ1v) is 7.46. The molecular formula is C14H25NO3. The average molecular weight is 255 g/mol. The molecule has 2 heterocycles. The van der Waals surface area contributed by atoms with Crippen LogP contribution < -0.4 is 5.32 Å².